The first-order valence-corrected chi connectivity index (χ1v) is 8.39. The first-order chi connectivity index (χ1) is 11.5. The molecule has 1 aliphatic heterocycles. The predicted octanol–water partition coefficient (Wildman–Crippen LogP) is 1.73. The quantitative estimate of drug-likeness (QED) is 0.896. The molecule has 5 heteroatoms. The minimum atomic E-state index is -0.331. The van der Waals surface area contributed by atoms with Gasteiger partial charge in [0, 0.05) is 41.3 Å². The molecule has 2 spiro atoms. The van der Waals surface area contributed by atoms with Gasteiger partial charge in [0.1, 0.15) is 0 Å². The molecule has 1 aromatic rings. The Kier molecular flexibility index (Phi) is 2.48. The molecule has 4 aliphatic rings. The zero-order chi connectivity index (χ0) is 16.9. The van der Waals surface area contributed by atoms with Crippen LogP contribution < -0.4 is 4.74 Å². The van der Waals surface area contributed by atoms with Crippen molar-refractivity contribution in [3.05, 3.63) is 35.1 Å². The summed E-state index contributed by atoms with van der Waals surface area (Å²) in [6.07, 6.45) is 3.34. The second kappa shape index (κ2) is 4.14. The minimum Gasteiger partial charge on any atom is -0.504 e. The summed E-state index contributed by atoms with van der Waals surface area (Å²) in [5.74, 6) is 1.39. The lowest BCUT2D eigenvalue weighted by molar-refractivity contribution is -0.121. The number of phenolic OH excluding ortho intramolecular Hbond substituents is 1. The first-order valence-electron chi connectivity index (χ1n) is 8.39. The number of phenols is 1. The third kappa shape index (κ3) is 1.28. The average molecular weight is 327 g/mol. The molecule has 1 saturated heterocycles. The van der Waals surface area contributed by atoms with Crippen molar-refractivity contribution >= 4 is 5.78 Å². The number of hydrogen-bond donors (Lipinski definition) is 1. The molecule has 24 heavy (non-hydrogen) atoms. The van der Waals surface area contributed by atoms with E-state index in [0.29, 0.717) is 24.0 Å². The Morgan fingerprint density at radius 2 is 2.04 bits per heavy atom. The second-order valence-corrected chi connectivity index (χ2v) is 7.75. The van der Waals surface area contributed by atoms with Gasteiger partial charge in [0.15, 0.2) is 23.0 Å². The van der Waals surface area contributed by atoms with Gasteiger partial charge in [-0.15, -0.1) is 0 Å². The highest BCUT2D eigenvalue weighted by molar-refractivity contribution is 5.96. The van der Waals surface area contributed by atoms with Crippen molar-refractivity contribution in [2.45, 2.75) is 29.7 Å². The van der Waals surface area contributed by atoms with Crippen molar-refractivity contribution in [3.63, 3.8) is 0 Å². The smallest absolute Gasteiger partial charge is 0.197 e. The predicted molar refractivity (Wildman–Crippen MR) is 87.3 cm³/mol. The van der Waals surface area contributed by atoms with Crippen molar-refractivity contribution < 1.29 is 19.4 Å². The summed E-state index contributed by atoms with van der Waals surface area (Å²) in [5, 5.41) is 10.9. The number of aromatic hydroxyl groups is 1. The van der Waals surface area contributed by atoms with Gasteiger partial charge in [-0.1, -0.05) is 6.07 Å². The van der Waals surface area contributed by atoms with Gasteiger partial charge in [-0.3, -0.25) is 4.79 Å². The summed E-state index contributed by atoms with van der Waals surface area (Å²) < 4.78 is 10.7. The Labute approximate surface area is 140 Å². The third-order valence-electron chi connectivity index (χ3n) is 6.88. The van der Waals surface area contributed by atoms with Crippen LogP contribution in [0, 0.1) is 5.92 Å². The topological polar surface area (TPSA) is 59.0 Å². The molecule has 5 rings (SSSR count). The highest BCUT2D eigenvalue weighted by Gasteiger charge is 2.75. The number of rotatable bonds is 2. The van der Waals surface area contributed by atoms with Crippen molar-refractivity contribution in [1.29, 1.82) is 0 Å². The number of carbonyl (C=O) groups excluding carboxylic acids is 1. The molecule has 2 bridgehead atoms. The van der Waals surface area contributed by atoms with Crippen molar-refractivity contribution in [1.82, 2.24) is 4.90 Å². The molecule has 0 amide bonds. The van der Waals surface area contributed by atoms with Crippen LogP contribution in [0.5, 0.6) is 11.5 Å². The Balaban J connectivity index is 1.80. The number of ketones is 1. The molecule has 126 valence electrons. The standard InChI is InChI=1S/C19H21NO4/c1-20-9-19-8-18(15-10(19)4-5-13(23-2)16(15)22)7-12(21)14(24-3)6-11(18)17(19)20/h4-6,11,17,22H,7-9H2,1-3H3. The van der Waals surface area contributed by atoms with Crippen LogP contribution in [0.4, 0.5) is 0 Å². The van der Waals surface area contributed by atoms with E-state index in [4.69, 9.17) is 9.47 Å². The maximum Gasteiger partial charge on any atom is 0.197 e. The lowest BCUT2D eigenvalue weighted by Gasteiger charge is -2.57. The first kappa shape index (κ1) is 14.3. The van der Waals surface area contributed by atoms with E-state index in [1.807, 2.05) is 12.1 Å². The van der Waals surface area contributed by atoms with Gasteiger partial charge >= 0.3 is 0 Å². The molecule has 4 unspecified atom stereocenters. The fraction of sp³-hybridized carbons (Fsp3) is 0.526. The number of likely N-dealkylation sites (tertiary alicyclic amines) is 1. The van der Waals surface area contributed by atoms with Gasteiger partial charge in [0.2, 0.25) is 0 Å². The molecule has 5 nitrogen and oxygen atoms in total. The number of benzene rings is 1. The number of hydrogen-bond acceptors (Lipinski definition) is 5. The van der Waals surface area contributed by atoms with E-state index in [-0.39, 0.29) is 28.3 Å². The summed E-state index contributed by atoms with van der Waals surface area (Å²) in [5.41, 5.74) is 1.86. The van der Waals surface area contributed by atoms with E-state index in [1.54, 1.807) is 14.2 Å². The Morgan fingerprint density at radius 1 is 1.25 bits per heavy atom. The zero-order valence-corrected chi connectivity index (χ0v) is 14.1. The molecule has 1 aromatic carbocycles. The lowest BCUT2D eigenvalue weighted by Crippen LogP contribution is -2.66. The van der Waals surface area contributed by atoms with Gasteiger partial charge in [-0.2, -0.15) is 0 Å². The van der Waals surface area contributed by atoms with Crippen LogP contribution in [0.15, 0.2) is 24.0 Å². The molecular formula is C19H21NO4. The number of ether oxygens (including phenoxy) is 2. The summed E-state index contributed by atoms with van der Waals surface area (Å²) in [6, 6.07) is 4.32. The number of allylic oxidation sites excluding steroid dienone is 1. The van der Waals surface area contributed by atoms with Gasteiger partial charge in [0.05, 0.1) is 14.2 Å². The summed E-state index contributed by atoms with van der Waals surface area (Å²) >= 11 is 0. The summed E-state index contributed by atoms with van der Waals surface area (Å²) in [7, 11) is 5.27. The van der Waals surface area contributed by atoms with Crippen LogP contribution in [0.2, 0.25) is 0 Å². The molecule has 0 aromatic heterocycles. The van der Waals surface area contributed by atoms with Crippen LogP contribution in [0.25, 0.3) is 0 Å². The zero-order valence-electron chi connectivity index (χ0n) is 14.1. The van der Waals surface area contributed by atoms with Crippen LogP contribution in [-0.4, -0.2) is 49.6 Å². The Morgan fingerprint density at radius 3 is 2.71 bits per heavy atom. The Bertz CT molecular complexity index is 816. The fourth-order valence-electron chi connectivity index (χ4n) is 6.29. The van der Waals surface area contributed by atoms with Crippen LogP contribution in [0.1, 0.15) is 24.0 Å². The highest BCUT2D eigenvalue weighted by atomic mass is 16.5. The van der Waals surface area contributed by atoms with Crippen molar-refractivity contribution in [2.24, 2.45) is 5.92 Å². The normalized spacial score (nSPS) is 38.8. The van der Waals surface area contributed by atoms with E-state index in [0.717, 1.165) is 18.5 Å². The number of carbonyl (C=O) groups is 1. The summed E-state index contributed by atoms with van der Waals surface area (Å²) in [6.45, 7) is 0.971. The fourth-order valence-corrected chi connectivity index (χ4v) is 6.29. The van der Waals surface area contributed by atoms with Crippen molar-refractivity contribution in [2.75, 3.05) is 27.8 Å². The Hall–Kier alpha value is -2.01. The van der Waals surface area contributed by atoms with Crippen LogP contribution in [-0.2, 0) is 20.4 Å². The molecular weight excluding hydrogens is 306 g/mol. The largest absolute Gasteiger partial charge is 0.504 e. The van der Waals surface area contributed by atoms with E-state index in [1.165, 1.54) is 5.56 Å². The maximum absolute atomic E-state index is 12.6. The van der Waals surface area contributed by atoms with Crippen molar-refractivity contribution in [3.8, 4) is 11.5 Å². The van der Waals surface area contributed by atoms with E-state index < -0.39 is 0 Å². The molecule has 1 saturated carbocycles. The number of methoxy groups -OCH3 is 2. The molecule has 1 N–H and O–H groups in total. The maximum atomic E-state index is 12.6. The average Bonchev–Trinajstić information content (AvgIpc) is 2.95. The van der Waals surface area contributed by atoms with Crippen LogP contribution >= 0.6 is 0 Å². The van der Waals surface area contributed by atoms with E-state index in [2.05, 4.69) is 18.0 Å². The van der Waals surface area contributed by atoms with E-state index in [9.17, 15) is 9.90 Å². The SMILES string of the molecule is COC1=CC2C3N(C)CC34CC2(CC1=O)c1c4ccc(OC)c1O. The summed E-state index contributed by atoms with van der Waals surface area (Å²) in [4.78, 5) is 15.0. The third-order valence-corrected chi connectivity index (χ3v) is 6.88. The minimum absolute atomic E-state index is 0.0305. The van der Waals surface area contributed by atoms with Gasteiger partial charge in [-0.25, -0.2) is 0 Å². The number of nitrogens with zero attached hydrogens (tertiary/aromatic N) is 1. The number of likely N-dealkylation sites (N-methyl/N-ethyl adjacent to an activating group) is 1. The monoisotopic (exact) mass is 327 g/mol. The molecule has 0 radical (unpaired) electrons. The number of Topliss-reactive ketones (excluding diaryl/α,β-unsaturated/α-hetero) is 1. The van der Waals surface area contributed by atoms with Crippen LogP contribution in [0.3, 0.4) is 0 Å². The second-order valence-electron chi connectivity index (χ2n) is 7.75. The lowest BCUT2D eigenvalue weighted by atomic mass is 9.60. The molecule has 2 fully saturated rings. The molecule has 3 aliphatic carbocycles. The number of fused-ring (bicyclic) bond motifs is 2. The molecule has 1 heterocycles. The van der Waals surface area contributed by atoms with E-state index >= 15 is 0 Å². The van der Waals surface area contributed by atoms with Gasteiger partial charge < -0.3 is 19.5 Å². The van der Waals surface area contributed by atoms with Gasteiger partial charge in [0.25, 0.3) is 0 Å². The molecule has 4 atom stereocenters. The highest BCUT2D eigenvalue weighted by Crippen LogP contribution is 2.73. The van der Waals surface area contributed by atoms with Gasteiger partial charge in [-0.05, 0) is 31.2 Å².